The van der Waals surface area contributed by atoms with Crippen molar-refractivity contribution in [3.8, 4) is 0 Å². The lowest BCUT2D eigenvalue weighted by atomic mass is 11.2. The van der Waals surface area contributed by atoms with E-state index in [4.69, 9.17) is 0 Å². The van der Waals surface area contributed by atoms with Gasteiger partial charge in [0, 0.05) is 0 Å². The highest BCUT2D eigenvalue weighted by atomic mass is 31.0. The highest BCUT2D eigenvalue weighted by Crippen LogP contribution is 2.03. The van der Waals surface area contributed by atoms with Crippen LogP contribution in [0, 0.1) is 0 Å². The van der Waals surface area contributed by atoms with Crippen LogP contribution in [-0.4, -0.2) is 0 Å². The van der Waals surface area contributed by atoms with Crippen LogP contribution in [-0.2, 0) is 0 Å². The van der Waals surface area contributed by atoms with E-state index in [1.165, 1.54) is 0 Å². The van der Waals surface area contributed by atoms with Crippen LogP contribution in [0.4, 0.5) is 8.78 Å². The third kappa shape index (κ3) is 4.03. The molecule has 1 atom stereocenters. The summed E-state index contributed by atoms with van der Waals surface area (Å²) >= 11 is 0. The Kier molecular flexibility index (Phi) is 2.29. The van der Waals surface area contributed by atoms with E-state index < -0.39 is 5.57 Å². The first-order valence-corrected chi connectivity index (χ1v) is 1.56. The summed E-state index contributed by atoms with van der Waals surface area (Å²) in [4.78, 5) is 0. The average Bonchev–Trinajstić information content (AvgIpc) is 1.38. The highest BCUT2D eigenvalue weighted by Gasteiger charge is 1.70. The molecule has 0 saturated heterocycles. The molecule has 5 heavy (non-hydrogen) atoms. The molecule has 0 aromatic carbocycles. The van der Waals surface area contributed by atoms with Gasteiger partial charge in [0.15, 0.2) is 0 Å². The number of rotatable bonds is 0. The zero-order chi connectivity index (χ0) is 4.28. The summed E-state index contributed by atoms with van der Waals surface area (Å²) in [7, 11) is 1.55. The van der Waals surface area contributed by atoms with Crippen LogP contribution in [0.2, 0.25) is 0 Å². The zero-order valence-corrected chi connectivity index (χ0v) is 3.57. The first kappa shape index (κ1) is 5.03. The van der Waals surface area contributed by atoms with E-state index in [9.17, 15) is 8.78 Å². The van der Waals surface area contributed by atoms with Crippen LogP contribution in [0.5, 0.6) is 0 Å². The molecule has 0 rings (SSSR count). The van der Waals surface area contributed by atoms with Gasteiger partial charge in [0.25, 0.3) is 0 Å². The number of halogens is 2. The molecule has 0 saturated carbocycles. The van der Waals surface area contributed by atoms with Gasteiger partial charge in [-0.25, -0.2) is 8.78 Å². The van der Waals surface area contributed by atoms with Crippen LogP contribution in [0.3, 0.4) is 0 Å². The Bertz CT molecular complexity index is 45.6. The van der Waals surface area contributed by atoms with Gasteiger partial charge >= 0.3 is 0 Å². The Balaban J connectivity index is 3.14. The summed E-state index contributed by atoms with van der Waals surface area (Å²) in [6.45, 7) is 0. The van der Waals surface area contributed by atoms with E-state index in [1.54, 1.807) is 9.24 Å². The van der Waals surface area contributed by atoms with Crippen LogP contribution in [0.1, 0.15) is 0 Å². The first-order valence-electron chi connectivity index (χ1n) is 0.985. The molecule has 0 fully saturated rings. The molecule has 30 valence electrons. The predicted molar refractivity (Wildman–Crippen MR) is 20.0 cm³/mol. The Morgan fingerprint density at radius 3 is 2.00 bits per heavy atom. The van der Waals surface area contributed by atoms with Gasteiger partial charge in [-0.3, -0.25) is 0 Å². The van der Waals surface area contributed by atoms with Crippen LogP contribution >= 0.6 is 9.24 Å². The highest BCUT2D eigenvalue weighted by molar-refractivity contribution is 7.21. The largest absolute Gasteiger partial charge is 0.212 e. The molecule has 0 heterocycles. The van der Waals surface area contributed by atoms with E-state index in [1.807, 2.05) is 0 Å². The van der Waals surface area contributed by atoms with Crippen LogP contribution in [0.25, 0.3) is 0 Å². The summed E-state index contributed by atoms with van der Waals surface area (Å²) in [5.74, 6) is 0. The maximum atomic E-state index is 10.9. The minimum atomic E-state index is -0.870. The van der Waals surface area contributed by atoms with Crippen molar-refractivity contribution in [2.24, 2.45) is 0 Å². The smallest absolute Gasteiger partial charge is 0.144 e. The molecule has 0 bridgehead atoms. The third-order valence-electron chi connectivity index (χ3n) is 0.104. The number of hydrogen-bond donors (Lipinski definition) is 0. The fraction of sp³-hybridized carbons (Fsp3) is 0. The van der Waals surface area contributed by atoms with Crippen molar-refractivity contribution in [3.63, 3.8) is 0 Å². The van der Waals surface area contributed by atoms with E-state index in [2.05, 4.69) is 0 Å². The van der Waals surface area contributed by atoms with Crippen molar-refractivity contribution in [2.75, 3.05) is 0 Å². The third-order valence-corrected chi connectivity index (χ3v) is 0.230. The van der Waals surface area contributed by atoms with Crippen LogP contribution < -0.4 is 0 Å². The molecule has 1 unspecified atom stereocenters. The molecule has 0 nitrogen and oxygen atoms in total. The Labute approximate surface area is 31.1 Å². The van der Waals surface area contributed by atoms with E-state index in [-0.39, 0.29) is 6.33 Å². The predicted octanol–water partition coefficient (Wildman–Crippen LogP) is 1.60. The van der Waals surface area contributed by atoms with Gasteiger partial charge in [-0.1, -0.05) is 9.24 Å². The van der Waals surface area contributed by atoms with Gasteiger partial charge < -0.3 is 0 Å². The number of hydrogen-bond acceptors (Lipinski definition) is 0. The molecule has 0 aliphatic heterocycles. The van der Waals surface area contributed by atoms with Crippen molar-refractivity contribution >= 4 is 9.24 Å². The summed E-state index contributed by atoms with van der Waals surface area (Å²) in [5, 5.41) is 0. The maximum absolute atomic E-state index is 10.9. The minimum absolute atomic E-state index is 0.120. The Hall–Kier alpha value is 0.0300. The van der Waals surface area contributed by atoms with Gasteiger partial charge in [0.1, 0.15) is 11.9 Å². The second-order valence-corrected chi connectivity index (χ2v) is 1.05. The molecular weight excluding hydrogens is 93.0 g/mol. The van der Waals surface area contributed by atoms with Crippen molar-refractivity contribution in [3.05, 3.63) is 11.9 Å². The lowest BCUT2D eigenvalue weighted by molar-refractivity contribution is 0.630. The van der Waals surface area contributed by atoms with Gasteiger partial charge in [-0.05, 0) is 0 Å². The minimum Gasteiger partial charge on any atom is -0.212 e. The topological polar surface area (TPSA) is 0 Å². The Morgan fingerprint density at radius 2 is 2.00 bits per heavy atom. The van der Waals surface area contributed by atoms with Crippen molar-refractivity contribution in [2.45, 2.75) is 0 Å². The SMILES string of the molecule is FC=C(F)P. The lowest BCUT2D eigenvalue weighted by Crippen LogP contribution is -1.37. The second kappa shape index (κ2) is 2.28. The van der Waals surface area contributed by atoms with Crippen molar-refractivity contribution in [1.82, 2.24) is 0 Å². The summed E-state index contributed by atoms with van der Waals surface area (Å²) in [6.07, 6.45) is -0.120. The first-order chi connectivity index (χ1) is 2.27. The molecule has 0 aliphatic carbocycles. The lowest BCUT2D eigenvalue weighted by Gasteiger charge is -1.65. The van der Waals surface area contributed by atoms with E-state index in [0.717, 1.165) is 0 Å². The van der Waals surface area contributed by atoms with Gasteiger partial charge in [0.2, 0.25) is 0 Å². The zero-order valence-electron chi connectivity index (χ0n) is 2.41. The summed E-state index contributed by atoms with van der Waals surface area (Å²) < 4.78 is 21.4. The normalized spacial score (nSPS) is 12.2. The quantitative estimate of drug-likeness (QED) is 0.402. The molecule has 0 N–H and O–H groups in total. The van der Waals surface area contributed by atoms with Crippen molar-refractivity contribution < 1.29 is 8.78 Å². The second-order valence-electron chi connectivity index (χ2n) is 0.494. The Morgan fingerprint density at radius 1 is 1.80 bits per heavy atom. The standard InChI is InChI=1S/C2H3F2P/c3-1-2(4)5/h1H,5H2. The molecule has 0 aromatic heterocycles. The van der Waals surface area contributed by atoms with Gasteiger partial charge in [0.05, 0.1) is 0 Å². The average molecular weight is 96.0 g/mol. The van der Waals surface area contributed by atoms with Crippen molar-refractivity contribution in [1.29, 1.82) is 0 Å². The monoisotopic (exact) mass is 96.0 g/mol. The molecule has 0 aliphatic rings. The molecule has 0 spiro atoms. The van der Waals surface area contributed by atoms with Crippen LogP contribution in [0.15, 0.2) is 11.9 Å². The van der Waals surface area contributed by atoms with Gasteiger partial charge in [-0.15, -0.1) is 0 Å². The fourth-order valence-corrected chi connectivity index (χ4v) is 0. The van der Waals surface area contributed by atoms with Gasteiger partial charge in [-0.2, -0.15) is 0 Å². The molecule has 3 heteroatoms. The summed E-state index contributed by atoms with van der Waals surface area (Å²) in [6, 6.07) is 0. The molecule has 0 amide bonds. The van der Waals surface area contributed by atoms with E-state index in [0.29, 0.717) is 0 Å². The summed E-state index contributed by atoms with van der Waals surface area (Å²) in [5.41, 5.74) is -0.870. The molecule has 0 radical (unpaired) electrons. The van der Waals surface area contributed by atoms with E-state index >= 15 is 0 Å². The molecule has 0 aromatic rings. The maximum Gasteiger partial charge on any atom is 0.144 e. The fourth-order valence-electron chi connectivity index (χ4n) is 0. The molecular formula is C2H3F2P.